The van der Waals surface area contributed by atoms with Crippen molar-refractivity contribution in [1.82, 2.24) is 9.80 Å². The number of carbonyl (C=O) groups is 1. The first-order valence-corrected chi connectivity index (χ1v) is 5.23. The van der Waals surface area contributed by atoms with E-state index in [1.54, 1.807) is 0 Å². The minimum Gasteiger partial charge on any atom is -0.341 e. The number of likely N-dealkylation sites (N-methyl/N-ethyl adjacent to an activating group) is 1. The molecule has 0 radical (unpaired) electrons. The molecule has 0 saturated carbocycles. The second-order valence-corrected chi connectivity index (χ2v) is 5.60. The van der Waals surface area contributed by atoms with Crippen molar-refractivity contribution >= 4 is 5.91 Å². The molecule has 1 heterocycles. The van der Waals surface area contributed by atoms with Crippen LogP contribution in [-0.2, 0) is 4.79 Å². The highest BCUT2D eigenvalue weighted by atomic mass is 16.2. The molecular formula is C11H22N2O. The van der Waals surface area contributed by atoms with Gasteiger partial charge >= 0.3 is 0 Å². The summed E-state index contributed by atoms with van der Waals surface area (Å²) in [7, 11) is 3.86. The van der Waals surface area contributed by atoms with Gasteiger partial charge in [-0.3, -0.25) is 4.79 Å². The maximum absolute atomic E-state index is 11.6. The van der Waals surface area contributed by atoms with Gasteiger partial charge in [0, 0.05) is 13.1 Å². The molecule has 0 bridgehead atoms. The molecule has 0 atom stereocenters. The molecule has 0 aromatic heterocycles. The third-order valence-electron chi connectivity index (χ3n) is 2.91. The molecule has 0 aliphatic carbocycles. The van der Waals surface area contributed by atoms with Gasteiger partial charge in [0.15, 0.2) is 0 Å². The first-order chi connectivity index (χ1) is 6.30. The molecule has 0 spiro atoms. The lowest BCUT2D eigenvalue weighted by Crippen LogP contribution is -2.56. The molecule has 1 aliphatic rings. The van der Waals surface area contributed by atoms with Gasteiger partial charge in [0.05, 0.1) is 6.54 Å². The Hall–Kier alpha value is -0.570. The van der Waals surface area contributed by atoms with Gasteiger partial charge in [-0.25, -0.2) is 0 Å². The predicted octanol–water partition coefficient (Wildman–Crippen LogP) is 1.05. The van der Waals surface area contributed by atoms with Crippen molar-refractivity contribution in [3.05, 3.63) is 0 Å². The number of hydrogen-bond donors (Lipinski definition) is 0. The molecular weight excluding hydrogens is 176 g/mol. The van der Waals surface area contributed by atoms with Gasteiger partial charge in [-0.1, -0.05) is 20.8 Å². The molecule has 1 saturated heterocycles. The van der Waals surface area contributed by atoms with Crippen molar-refractivity contribution in [2.45, 2.75) is 20.8 Å². The largest absolute Gasteiger partial charge is 0.341 e. The van der Waals surface area contributed by atoms with E-state index in [-0.39, 0.29) is 5.91 Å². The second-order valence-electron chi connectivity index (χ2n) is 5.60. The summed E-state index contributed by atoms with van der Waals surface area (Å²) >= 11 is 0. The van der Waals surface area contributed by atoms with Crippen LogP contribution in [0.15, 0.2) is 0 Å². The van der Waals surface area contributed by atoms with E-state index in [0.717, 1.165) is 13.1 Å². The zero-order valence-electron chi connectivity index (χ0n) is 10.0. The summed E-state index contributed by atoms with van der Waals surface area (Å²) in [6.45, 7) is 9.14. The first-order valence-electron chi connectivity index (χ1n) is 5.23. The topological polar surface area (TPSA) is 23.6 Å². The number of nitrogens with zero attached hydrogens (tertiary/aromatic N) is 2. The van der Waals surface area contributed by atoms with Gasteiger partial charge in [-0.2, -0.15) is 0 Å². The van der Waals surface area contributed by atoms with Crippen molar-refractivity contribution in [3.8, 4) is 0 Å². The zero-order valence-corrected chi connectivity index (χ0v) is 10.0. The Morgan fingerprint density at radius 1 is 1.36 bits per heavy atom. The first kappa shape index (κ1) is 11.5. The zero-order chi connectivity index (χ0) is 10.9. The highest BCUT2D eigenvalue weighted by Gasteiger charge is 2.37. The van der Waals surface area contributed by atoms with E-state index in [4.69, 9.17) is 0 Å². The van der Waals surface area contributed by atoms with Crippen molar-refractivity contribution < 1.29 is 4.79 Å². The highest BCUT2D eigenvalue weighted by Crippen LogP contribution is 2.33. The van der Waals surface area contributed by atoms with E-state index in [1.165, 1.54) is 0 Å². The number of likely N-dealkylation sites (tertiary alicyclic amines) is 1. The van der Waals surface area contributed by atoms with Crippen LogP contribution < -0.4 is 0 Å². The third kappa shape index (κ3) is 2.71. The van der Waals surface area contributed by atoms with Crippen LogP contribution in [0, 0.1) is 11.3 Å². The minimum absolute atomic E-state index is 0.260. The Morgan fingerprint density at radius 3 is 2.21 bits per heavy atom. The Kier molecular flexibility index (Phi) is 3.20. The van der Waals surface area contributed by atoms with Crippen molar-refractivity contribution in [2.75, 3.05) is 33.7 Å². The fourth-order valence-corrected chi connectivity index (χ4v) is 1.60. The van der Waals surface area contributed by atoms with E-state index in [1.807, 2.05) is 23.9 Å². The Balaban J connectivity index is 2.31. The summed E-state index contributed by atoms with van der Waals surface area (Å²) in [6, 6.07) is 0. The van der Waals surface area contributed by atoms with E-state index >= 15 is 0 Å². The van der Waals surface area contributed by atoms with Gasteiger partial charge in [-0.15, -0.1) is 0 Å². The van der Waals surface area contributed by atoms with Crippen molar-refractivity contribution in [1.29, 1.82) is 0 Å². The highest BCUT2D eigenvalue weighted by molar-refractivity contribution is 5.79. The van der Waals surface area contributed by atoms with Gasteiger partial charge in [0.1, 0.15) is 0 Å². The molecule has 1 rings (SSSR count). The quantitative estimate of drug-likeness (QED) is 0.662. The lowest BCUT2D eigenvalue weighted by atomic mass is 9.76. The summed E-state index contributed by atoms with van der Waals surface area (Å²) < 4.78 is 0. The van der Waals surface area contributed by atoms with Crippen LogP contribution in [-0.4, -0.2) is 49.4 Å². The lowest BCUT2D eigenvalue weighted by Gasteiger charge is -2.46. The maximum atomic E-state index is 11.6. The molecule has 14 heavy (non-hydrogen) atoms. The summed E-state index contributed by atoms with van der Waals surface area (Å²) in [5, 5.41) is 0. The standard InChI is InChI=1S/C11H22N2O/c1-11(2,3)9-6-13(7-9)10(14)8-12(4)5/h9H,6-8H2,1-5H3. The van der Waals surface area contributed by atoms with E-state index in [2.05, 4.69) is 20.8 Å². The molecule has 82 valence electrons. The molecule has 3 nitrogen and oxygen atoms in total. The van der Waals surface area contributed by atoms with E-state index in [0.29, 0.717) is 17.9 Å². The number of hydrogen-bond acceptors (Lipinski definition) is 2. The van der Waals surface area contributed by atoms with Gasteiger partial charge in [0.25, 0.3) is 0 Å². The number of carbonyl (C=O) groups excluding carboxylic acids is 1. The molecule has 1 amide bonds. The monoisotopic (exact) mass is 198 g/mol. The molecule has 3 heteroatoms. The number of rotatable bonds is 2. The maximum Gasteiger partial charge on any atom is 0.236 e. The van der Waals surface area contributed by atoms with Gasteiger partial charge < -0.3 is 9.80 Å². The van der Waals surface area contributed by atoms with Crippen LogP contribution in [0.5, 0.6) is 0 Å². The lowest BCUT2D eigenvalue weighted by molar-refractivity contribution is -0.140. The fraction of sp³-hybridized carbons (Fsp3) is 0.909. The smallest absolute Gasteiger partial charge is 0.236 e. The summed E-state index contributed by atoms with van der Waals surface area (Å²) in [6.07, 6.45) is 0. The van der Waals surface area contributed by atoms with E-state index in [9.17, 15) is 4.79 Å². The van der Waals surface area contributed by atoms with Crippen LogP contribution in [0.2, 0.25) is 0 Å². The Bertz CT molecular complexity index is 212. The van der Waals surface area contributed by atoms with Crippen LogP contribution in [0.4, 0.5) is 0 Å². The molecule has 1 aliphatic heterocycles. The van der Waals surface area contributed by atoms with Crippen molar-refractivity contribution in [3.63, 3.8) is 0 Å². The van der Waals surface area contributed by atoms with Gasteiger partial charge in [0.2, 0.25) is 5.91 Å². The summed E-state index contributed by atoms with van der Waals surface area (Å²) in [4.78, 5) is 15.5. The third-order valence-corrected chi connectivity index (χ3v) is 2.91. The van der Waals surface area contributed by atoms with Crippen molar-refractivity contribution in [2.24, 2.45) is 11.3 Å². The van der Waals surface area contributed by atoms with Gasteiger partial charge in [-0.05, 0) is 25.4 Å². The SMILES string of the molecule is CN(C)CC(=O)N1CC(C(C)(C)C)C1. The normalized spacial score (nSPS) is 18.6. The second kappa shape index (κ2) is 3.89. The van der Waals surface area contributed by atoms with Crippen LogP contribution in [0.1, 0.15) is 20.8 Å². The van der Waals surface area contributed by atoms with Crippen LogP contribution in [0.25, 0.3) is 0 Å². The average Bonchev–Trinajstić information content (AvgIpc) is 1.75. The Labute approximate surface area is 87.1 Å². The molecule has 1 fully saturated rings. The molecule has 0 aromatic carbocycles. The summed E-state index contributed by atoms with van der Waals surface area (Å²) in [5.41, 5.74) is 0.342. The average molecular weight is 198 g/mol. The molecule has 0 unspecified atom stereocenters. The van der Waals surface area contributed by atoms with Crippen LogP contribution in [0.3, 0.4) is 0 Å². The fourth-order valence-electron chi connectivity index (χ4n) is 1.60. The van der Waals surface area contributed by atoms with Crippen LogP contribution >= 0.6 is 0 Å². The predicted molar refractivity (Wildman–Crippen MR) is 58.1 cm³/mol. The van der Waals surface area contributed by atoms with E-state index < -0.39 is 0 Å². The number of amides is 1. The minimum atomic E-state index is 0.260. The molecule has 0 N–H and O–H groups in total. The Morgan fingerprint density at radius 2 is 1.86 bits per heavy atom. The summed E-state index contributed by atoms with van der Waals surface area (Å²) in [5.74, 6) is 0.934. The molecule has 0 aromatic rings.